The number of ether oxygens (including phenoxy) is 2. The fourth-order valence-corrected chi connectivity index (χ4v) is 2.37. The molecule has 23 heavy (non-hydrogen) atoms. The van der Waals surface area contributed by atoms with Crippen LogP contribution >= 0.6 is 0 Å². The van der Waals surface area contributed by atoms with Crippen molar-refractivity contribution in [2.24, 2.45) is 0 Å². The van der Waals surface area contributed by atoms with Gasteiger partial charge in [-0.3, -0.25) is 4.90 Å². The van der Waals surface area contributed by atoms with E-state index in [4.69, 9.17) is 9.47 Å². The summed E-state index contributed by atoms with van der Waals surface area (Å²) in [6.07, 6.45) is 1.45. The van der Waals surface area contributed by atoms with E-state index in [1.807, 2.05) is 0 Å². The summed E-state index contributed by atoms with van der Waals surface area (Å²) in [5, 5.41) is 12.7. The van der Waals surface area contributed by atoms with Crippen molar-refractivity contribution in [2.45, 2.75) is 19.9 Å². The first-order chi connectivity index (χ1) is 11.1. The number of aliphatic hydroxyl groups excluding tert-OH is 1. The van der Waals surface area contributed by atoms with E-state index < -0.39 is 5.97 Å². The molecular weight excluding hydrogens is 300 g/mol. The van der Waals surface area contributed by atoms with E-state index in [9.17, 15) is 9.90 Å². The lowest BCUT2D eigenvalue weighted by atomic mass is 10.2. The van der Waals surface area contributed by atoms with Crippen molar-refractivity contribution in [3.05, 3.63) is 17.5 Å². The van der Waals surface area contributed by atoms with Crippen LogP contribution in [0.5, 0.6) is 0 Å². The maximum Gasteiger partial charge on any atom is 0.341 e. The second-order valence-electron chi connectivity index (χ2n) is 5.35. The van der Waals surface area contributed by atoms with Crippen molar-refractivity contribution < 1.29 is 19.4 Å². The molecule has 1 fully saturated rings. The van der Waals surface area contributed by atoms with Crippen molar-refractivity contribution in [1.29, 1.82) is 0 Å². The van der Waals surface area contributed by atoms with E-state index in [0.29, 0.717) is 43.6 Å². The normalized spacial score (nSPS) is 16.8. The van der Waals surface area contributed by atoms with E-state index in [2.05, 4.69) is 20.2 Å². The number of esters is 1. The zero-order valence-electron chi connectivity index (χ0n) is 13.6. The van der Waals surface area contributed by atoms with E-state index in [1.165, 1.54) is 6.20 Å². The number of anilines is 1. The Morgan fingerprint density at radius 2 is 2.26 bits per heavy atom. The number of carbonyl (C=O) groups excluding carboxylic acids is 1. The first-order valence-electron chi connectivity index (χ1n) is 7.82. The second kappa shape index (κ2) is 8.76. The van der Waals surface area contributed by atoms with Gasteiger partial charge in [0.2, 0.25) is 5.95 Å². The van der Waals surface area contributed by atoms with Gasteiger partial charge < -0.3 is 19.9 Å². The van der Waals surface area contributed by atoms with Crippen molar-refractivity contribution in [3.8, 4) is 0 Å². The van der Waals surface area contributed by atoms with E-state index >= 15 is 0 Å². The summed E-state index contributed by atoms with van der Waals surface area (Å²) in [6, 6.07) is -0.180. The summed E-state index contributed by atoms with van der Waals surface area (Å²) in [6.45, 7) is 7.56. The van der Waals surface area contributed by atoms with Gasteiger partial charge >= 0.3 is 5.97 Å². The van der Waals surface area contributed by atoms with Gasteiger partial charge in [0.25, 0.3) is 0 Å². The Bertz CT molecular complexity index is 520. The van der Waals surface area contributed by atoms with Crippen LogP contribution in [0.4, 0.5) is 5.95 Å². The highest BCUT2D eigenvalue weighted by molar-refractivity contribution is 5.90. The molecule has 0 saturated carbocycles. The lowest BCUT2D eigenvalue weighted by molar-refractivity contribution is 0.0335. The highest BCUT2D eigenvalue weighted by Crippen LogP contribution is 2.10. The zero-order valence-corrected chi connectivity index (χ0v) is 13.6. The number of nitrogens with one attached hydrogen (secondary N) is 1. The summed E-state index contributed by atoms with van der Waals surface area (Å²) < 4.78 is 10.3. The van der Waals surface area contributed by atoms with Crippen LogP contribution in [0.2, 0.25) is 0 Å². The molecule has 128 valence electrons. The Labute approximate surface area is 135 Å². The minimum atomic E-state index is -0.427. The highest BCUT2D eigenvalue weighted by atomic mass is 16.5. The molecule has 1 aromatic heterocycles. The molecule has 1 aliphatic heterocycles. The molecule has 0 amide bonds. The van der Waals surface area contributed by atoms with Crippen LogP contribution < -0.4 is 5.32 Å². The third-order valence-corrected chi connectivity index (χ3v) is 3.61. The Kier molecular flexibility index (Phi) is 6.69. The van der Waals surface area contributed by atoms with Crippen LogP contribution in [0.25, 0.3) is 0 Å². The maximum absolute atomic E-state index is 11.7. The van der Waals surface area contributed by atoms with E-state index in [0.717, 1.165) is 13.1 Å². The molecule has 0 aromatic carbocycles. The van der Waals surface area contributed by atoms with E-state index in [-0.39, 0.29) is 12.6 Å². The Hall–Kier alpha value is -1.77. The third kappa shape index (κ3) is 5.12. The number of carbonyl (C=O) groups is 1. The topological polar surface area (TPSA) is 96.8 Å². The third-order valence-electron chi connectivity index (χ3n) is 3.61. The number of morpholine rings is 1. The van der Waals surface area contributed by atoms with Gasteiger partial charge in [0.1, 0.15) is 0 Å². The lowest BCUT2D eigenvalue weighted by Crippen LogP contribution is -2.44. The zero-order chi connectivity index (χ0) is 16.7. The first kappa shape index (κ1) is 17.6. The largest absolute Gasteiger partial charge is 0.462 e. The molecule has 0 bridgehead atoms. The molecule has 0 aliphatic carbocycles. The first-order valence-corrected chi connectivity index (χ1v) is 7.82. The van der Waals surface area contributed by atoms with Crippen molar-refractivity contribution in [2.75, 3.05) is 51.4 Å². The molecular formula is C15H24N4O4. The number of nitrogens with zero attached hydrogens (tertiary/aromatic N) is 3. The average Bonchev–Trinajstić information content (AvgIpc) is 2.55. The molecule has 2 heterocycles. The van der Waals surface area contributed by atoms with Crippen LogP contribution in [-0.2, 0) is 9.47 Å². The average molecular weight is 324 g/mol. The Balaban J connectivity index is 1.97. The molecule has 1 aromatic rings. The van der Waals surface area contributed by atoms with Crippen LogP contribution in [0, 0.1) is 6.92 Å². The monoisotopic (exact) mass is 324 g/mol. The summed E-state index contributed by atoms with van der Waals surface area (Å²) in [7, 11) is 0. The van der Waals surface area contributed by atoms with Crippen LogP contribution in [0.1, 0.15) is 23.0 Å². The molecule has 0 unspecified atom stereocenters. The number of hydrogen-bond acceptors (Lipinski definition) is 8. The minimum absolute atomic E-state index is 0.0284. The van der Waals surface area contributed by atoms with Gasteiger partial charge in [-0.25, -0.2) is 14.8 Å². The maximum atomic E-state index is 11.7. The van der Waals surface area contributed by atoms with Crippen LogP contribution in [0.15, 0.2) is 6.20 Å². The summed E-state index contributed by atoms with van der Waals surface area (Å²) in [5.74, 6) is -0.0357. The molecule has 2 N–H and O–H groups in total. The summed E-state index contributed by atoms with van der Waals surface area (Å²) in [5.41, 5.74) is 0.898. The number of hydrogen-bond donors (Lipinski definition) is 2. The van der Waals surface area contributed by atoms with Crippen LogP contribution in [0.3, 0.4) is 0 Å². The van der Waals surface area contributed by atoms with Crippen molar-refractivity contribution in [1.82, 2.24) is 14.9 Å². The molecule has 2 rings (SSSR count). The quantitative estimate of drug-likeness (QED) is 0.680. The Morgan fingerprint density at radius 1 is 1.52 bits per heavy atom. The standard InChI is InChI=1S/C15H24N4O4/c1-3-23-14(21)13-8-16-15(17-11(13)2)18-12(10-20)9-19-4-6-22-7-5-19/h8,12,20H,3-7,9-10H2,1-2H3,(H,16,17,18)/t12-/m1/s1. The molecule has 1 saturated heterocycles. The van der Waals surface area contributed by atoms with Gasteiger partial charge in [0.15, 0.2) is 0 Å². The second-order valence-corrected chi connectivity index (χ2v) is 5.35. The van der Waals surface area contributed by atoms with Crippen molar-refractivity contribution >= 4 is 11.9 Å². The highest BCUT2D eigenvalue weighted by Gasteiger charge is 2.18. The van der Waals surface area contributed by atoms with Gasteiger partial charge in [-0.15, -0.1) is 0 Å². The molecule has 1 aliphatic rings. The predicted molar refractivity (Wildman–Crippen MR) is 84.5 cm³/mol. The van der Waals surface area contributed by atoms with Crippen LogP contribution in [-0.4, -0.2) is 78.0 Å². The SMILES string of the molecule is CCOC(=O)c1cnc(N[C@@H](CO)CN2CCOCC2)nc1C. The number of rotatable bonds is 7. The van der Waals surface area contributed by atoms with Crippen molar-refractivity contribution in [3.63, 3.8) is 0 Å². The molecule has 8 heteroatoms. The number of aromatic nitrogens is 2. The number of aliphatic hydroxyl groups is 1. The molecule has 0 spiro atoms. The number of aryl methyl sites for hydroxylation is 1. The van der Waals surface area contributed by atoms with E-state index in [1.54, 1.807) is 13.8 Å². The molecule has 0 radical (unpaired) electrons. The van der Waals surface area contributed by atoms with Gasteiger partial charge in [0, 0.05) is 25.8 Å². The van der Waals surface area contributed by atoms with Gasteiger partial charge in [0.05, 0.1) is 43.7 Å². The smallest absolute Gasteiger partial charge is 0.341 e. The summed E-state index contributed by atoms with van der Waals surface area (Å²) in [4.78, 5) is 22.4. The molecule has 8 nitrogen and oxygen atoms in total. The lowest BCUT2D eigenvalue weighted by Gasteiger charge is -2.30. The fraction of sp³-hybridized carbons (Fsp3) is 0.667. The molecule has 1 atom stereocenters. The van der Waals surface area contributed by atoms with Gasteiger partial charge in [-0.2, -0.15) is 0 Å². The van der Waals surface area contributed by atoms with Gasteiger partial charge in [-0.1, -0.05) is 0 Å². The Morgan fingerprint density at radius 3 is 2.87 bits per heavy atom. The summed E-state index contributed by atoms with van der Waals surface area (Å²) >= 11 is 0. The predicted octanol–water partition coefficient (Wildman–Crippen LogP) is 0.0667. The van der Waals surface area contributed by atoms with Gasteiger partial charge in [-0.05, 0) is 13.8 Å². The minimum Gasteiger partial charge on any atom is -0.462 e. The fourth-order valence-electron chi connectivity index (χ4n) is 2.37.